The molecule has 0 aliphatic carbocycles. The van der Waals surface area contributed by atoms with Crippen LogP contribution >= 0.6 is 0 Å². The summed E-state index contributed by atoms with van der Waals surface area (Å²) >= 11 is 0. The first-order chi connectivity index (χ1) is 11.8. The van der Waals surface area contributed by atoms with E-state index in [2.05, 4.69) is 34.9 Å². The number of fused-ring (bicyclic) bond motifs is 1. The second-order valence-corrected chi connectivity index (χ2v) is 5.83. The van der Waals surface area contributed by atoms with Crippen molar-refractivity contribution in [2.24, 2.45) is 0 Å². The van der Waals surface area contributed by atoms with Gasteiger partial charge < -0.3 is 14.8 Å². The number of H-pyrrole nitrogens is 1. The number of hydrogen-bond acceptors (Lipinski definition) is 7. The molecule has 0 amide bonds. The van der Waals surface area contributed by atoms with Crippen LogP contribution in [0.5, 0.6) is 0 Å². The maximum Gasteiger partial charge on any atom is 0.163 e. The first-order valence-corrected chi connectivity index (χ1v) is 7.76. The first kappa shape index (κ1) is 14.4. The van der Waals surface area contributed by atoms with Crippen molar-refractivity contribution in [2.45, 2.75) is 12.5 Å². The molecule has 1 N–H and O–H groups in total. The zero-order valence-corrected chi connectivity index (χ0v) is 13.2. The number of anilines is 2. The maximum absolute atomic E-state index is 8.82. The Kier molecular flexibility index (Phi) is 3.46. The molecule has 8 nitrogen and oxygen atoms in total. The Morgan fingerprint density at radius 2 is 2.21 bits per heavy atom. The molecule has 0 radical (unpaired) electrons. The largest absolute Gasteiger partial charge is 0.354 e. The fourth-order valence-corrected chi connectivity index (χ4v) is 3.12. The van der Waals surface area contributed by atoms with Gasteiger partial charge in [-0.05, 0) is 24.6 Å². The molecule has 0 spiro atoms. The number of likely N-dealkylation sites (N-methyl/N-ethyl adjacent to an activating group) is 1. The number of aromatic nitrogens is 5. The zero-order chi connectivity index (χ0) is 16.5. The number of nitrogens with zero attached hydrogens (tertiary/aromatic N) is 7. The summed E-state index contributed by atoms with van der Waals surface area (Å²) < 4.78 is 0. The molecule has 24 heavy (non-hydrogen) atoms. The van der Waals surface area contributed by atoms with Crippen molar-refractivity contribution in [3.63, 3.8) is 0 Å². The van der Waals surface area contributed by atoms with Crippen LogP contribution in [0.15, 0.2) is 30.7 Å². The quantitative estimate of drug-likeness (QED) is 0.777. The zero-order valence-electron chi connectivity index (χ0n) is 13.2. The lowest BCUT2D eigenvalue weighted by atomic mass is 10.2. The fourth-order valence-electron chi connectivity index (χ4n) is 3.12. The Morgan fingerprint density at radius 1 is 1.29 bits per heavy atom. The van der Waals surface area contributed by atoms with E-state index in [0.29, 0.717) is 11.7 Å². The maximum atomic E-state index is 8.82. The highest BCUT2D eigenvalue weighted by molar-refractivity contribution is 5.87. The molecule has 1 aliphatic rings. The van der Waals surface area contributed by atoms with E-state index in [1.54, 1.807) is 12.4 Å². The Labute approximate surface area is 138 Å². The third kappa shape index (κ3) is 2.40. The molecule has 3 aromatic heterocycles. The van der Waals surface area contributed by atoms with E-state index in [9.17, 15) is 0 Å². The molecule has 0 aromatic carbocycles. The monoisotopic (exact) mass is 320 g/mol. The second-order valence-electron chi connectivity index (χ2n) is 5.83. The minimum Gasteiger partial charge on any atom is -0.354 e. The summed E-state index contributed by atoms with van der Waals surface area (Å²) in [6, 6.07) is 7.84. The van der Waals surface area contributed by atoms with Gasteiger partial charge in [-0.2, -0.15) is 5.26 Å². The third-order valence-corrected chi connectivity index (χ3v) is 4.47. The molecule has 1 saturated heterocycles. The number of aromatic amines is 1. The van der Waals surface area contributed by atoms with E-state index < -0.39 is 0 Å². The van der Waals surface area contributed by atoms with Gasteiger partial charge in [-0.25, -0.2) is 9.97 Å². The Hall–Kier alpha value is -3.21. The Morgan fingerprint density at radius 3 is 3.00 bits per heavy atom. The van der Waals surface area contributed by atoms with Gasteiger partial charge >= 0.3 is 0 Å². The van der Waals surface area contributed by atoms with Crippen LogP contribution in [-0.4, -0.2) is 51.3 Å². The molecule has 8 heteroatoms. The lowest BCUT2D eigenvalue weighted by molar-refractivity contribution is 0.678. The smallest absolute Gasteiger partial charge is 0.163 e. The molecule has 1 fully saturated rings. The van der Waals surface area contributed by atoms with Gasteiger partial charge in [-0.3, -0.25) is 0 Å². The molecule has 0 bridgehead atoms. The molecule has 1 atom stereocenters. The van der Waals surface area contributed by atoms with Crippen LogP contribution in [-0.2, 0) is 0 Å². The summed E-state index contributed by atoms with van der Waals surface area (Å²) in [7, 11) is 2.01. The van der Waals surface area contributed by atoms with Gasteiger partial charge in [-0.15, -0.1) is 10.2 Å². The van der Waals surface area contributed by atoms with Crippen LogP contribution in [0, 0.1) is 11.3 Å². The molecular weight excluding hydrogens is 304 g/mol. The molecule has 3 aromatic rings. The molecule has 4 rings (SSSR count). The predicted octanol–water partition coefficient (Wildman–Crippen LogP) is 1.33. The SMILES string of the molecule is CN(c1ccc(C#N)nn1)C1CCN(c2ncnc3[nH]ccc23)C1. The standard InChI is InChI=1S/C16H16N8/c1-23(14-3-2-11(8-17)21-22-14)12-5-7-24(9-12)16-13-4-6-18-15(13)19-10-20-16/h2-4,6,10,12H,5,7,9H2,1H3,(H,18,19,20). The third-order valence-electron chi connectivity index (χ3n) is 4.47. The van der Waals surface area contributed by atoms with Crippen molar-refractivity contribution in [1.82, 2.24) is 25.1 Å². The van der Waals surface area contributed by atoms with Crippen molar-refractivity contribution < 1.29 is 0 Å². The van der Waals surface area contributed by atoms with E-state index in [1.165, 1.54) is 0 Å². The Bertz CT molecular complexity index is 894. The highest BCUT2D eigenvalue weighted by Gasteiger charge is 2.28. The molecule has 4 heterocycles. The average molecular weight is 320 g/mol. The predicted molar refractivity (Wildman–Crippen MR) is 89.7 cm³/mol. The summed E-state index contributed by atoms with van der Waals surface area (Å²) in [5, 5.41) is 17.9. The number of nitrogens with one attached hydrogen (secondary N) is 1. The molecule has 0 saturated carbocycles. The fraction of sp³-hybridized carbons (Fsp3) is 0.312. The lowest BCUT2D eigenvalue weighted by Crippen LogP contribution is -2.35. The van der Waals surface area contributed by atoms with Gasteiger partial charge in [0.25, 0.3) is 0 Å². The van der Waals surface area contributed by atoms with E-state index in [0.717, 1.165) is 42.2 Å². The topological polar surface area (TPSA) is 97.6 Å². The van der Waals surface area contributed by atoms with Gasteiger partial charge in [0.1, 0.15) is 23.9 Å². The Balaban J connectivity index is 1.53. The van der Waals surface area contributed by atoms with Crippen LogP contribution in [0.1, 0.15) is 12.1 Å². The van der Waals surface area contributed by atoms with Crippen LogP contribution in [0.4, 0.5) is 11.6 Å². The van der Waals surface area contributed by atoms with Crippen LogP contribution in [0.25, 0.3) is 11.0 Å². The number of rotatable bonds is 3. The van der Waals surface area contributed by atoms with Crippen molar-refractivity contribution >= 4 is 22.7 Å². The van der Waals surface area contributed by atoms with E-state index in [-0.39, 0.29) is 0 Å². The van der Waals surface area contributed by atoms with Gasteiger partial charge in [0.2, 0.25) is 0 Å². The molecule has 1 aliphatic heterocycles. The average Bonchev–Trinajstić information content (AvgIpc) is 3.30. The van der Waals surface area contributed by atoms with Gasteiger partial charge in [0, 0.05) is 32.4 Å². The highest BCUT2D eigenvalue weighted by Crippen LogP contribution is 2.27. The van der Waals surface area contributed by atoms with Gasteiger partial charge in [0.05, 0.1) is 5.39 Å². The summed E-state index contributed by atoms with van der Waals surface area (Å²) in [5.41, 5.74) is 1.19. The summed E-state index contributed by atoms with van der Waals surface area (Å²) in [6.07, 6.45) is 4.49. The minimum absolute atomic E-state index is 0.316. The second kappa shape index (κ2) is 5.77. The minimum atomic E-state index is 0.316. The first-order valence-electron chi connectivity index (χ1n) is 7.76. The van der Waals surface area contributed by atoms with Crippen LogP contribution in [0.3, 0.4) is 0 Å². The number of nitriles is 1. The van der Waals surface area contributed by atoms with Crippen molar-refractivity contribution in [2.75, 3.05) is 29.9 Å². The van der Waals surface area contributed by atoms with E-state index in [1.807, 2.05) is 31.4 Å². The molecular formula is C16H16N8. The summed E-state index contributed by atoms with van der Waals surface area (Å²) in [5.74, 6) is 1.73. The summed E-state index contributed by atoms with van der Waals surface area (Å²) in [6.45, 7) is 1.78. The molecule has 120 valence electrons. The van der Waals surface area contributed by atoms with Crippen molar-refractivity contribution in [3.05, 3.63) is 36.4 Å². The normalized spacial score (nSPS) is 17.2. The van der Waals surface area contributed by atoms with Gasteiger partial charge in [0.15, 0.2) is 11.5 Å². The van der Waals surface area contributed by atoms with Crippen LogP contribution < -0.4 is 9.80 Å². The lowest BCUT2D eigenvalue weighted by Gasteiger charge is -2.25. The number of hydrogen-bond donors (Lipinski definition) is 1. The molecule has 1 unspecified atom stereocenters. The van der Waals surface area contributed by atoms with Crippen molar-refractivity contribution in [3.8, 4) is 6.07 Å². The van der Waals surface area contributed by atoms with Crippen LogP contribution in [0.2, 0.25) is 0 Å². The van der Waals surface area contributed by atoms with E-state index >= 15 is 0 Å². The van der Waals surface area contributed by atoms with Gasteiger partial charge in [-0.1, -0.05) is 0 Å². The van der Waals surface area contributed by atoms with Crippen molar-refractivity contribution in [1.29, 1.82) is 5.26 Å². The summed E-state index contributed by atoms with van der Waals surface area (Å²) in [4.78, 5) is 16.2. The van der Waals surface area contributed by atoms with E-state index in [4.69, 9.17) is 5.26 Å². The highest BCUT2D eigenvalue weighted by atomic mass is 15.3.